The number of benzene rings is 1. The highest BCUT2D eigenvalue weighted by molar-refractivity contribution is 7.15. The zero-order valence-corrected chi connectivity index (χ0v) is 10.1. The van der Waals surface area contributed by atoms with Gasteiger partial charge in [0.05, 0.1) is 5.69 Å². The van der Waals surface area contributed by atoms with Gasteiger partial charge in [0.15, 0.2) is 0 Å². The molecule has 1 aromatic carbocycles. The molecule has 1 heterocycles. The van der Waals surface area contributed by atoms with Gasteiger partial charge in [-0.15, -0.1) is 11.3 Å². The largest absolute Gasteiger partial charge is 0.326 e. The van der Waals surface area contributed by atoms with Crippen LogP contribution in [-0.2, 0) is 6.54 Å². The number of aryl methyl sites for hydroxylation is 2. The zero-order valence-electron chi connectivity index (χ0n) is 9.25. The van der Waals surface area contributed by atoms with Crippen LogP contribution in [0.25, 0.3) is 10.6 Å². The molecule has 0 saturated heterocycles. The first kappa shape index (κ1) is 11.2. The summed E-state index contributed by atoms with van der Waals surface area (Å²) in [7, 11) is 0. The van der Waals surface area contributed by atoms with E-state index in [0.717, 1.165) is 21.1 Å². The van der Waals surface area contributed by atoms with E-state index in [1.165, 1.54) is 17.4 Å². The molecule has 0 spiro atoms. The third-order valence-electron chi connectivity index (χ3n) is 2.50. The number of halogens is 1. The topological polar surface area (TPSA) is 38.9 Å². The lowest BCUT2D eigenvalue weighted by atomic mass is 10.1. The summed E-state index contributed by atoms with van der Waals surface area (Å²) in [5, 5.41) is 0.830. The van der Waals surface area contributed by atoms with Gasteiger partial charge in [-0.2, -0.15) is 0 Å². The van der Waals surface area contributed by atoms with Crippen molar-refractivity contribution in [3.8, 4) is 10.6 Å². The van der Waals surface area contributed by atoms with E-state index in [4.69, 9.17) is 5.73 Å². The van der Waals surface area contributed by atoms with Gasteiger partial charge in [0.25, 0.3) is 0 Å². The number of thiazole rings is 1. The Morgan fingerprint density at radius 3 is 2.69 bits per heavy atom. The number of nitrogens with two attached hydrogens (primary N) is 1. The molecular formula is C12H13FN2S. The highest BCUT2D eigenvalue weighted by atomic mass is 32.1. The first-order chi connectivity index (χ1) is 7.61. The summed E-state index contributed by atoms with van der Waals surface area (Å²) in [5.41, 5.74) is 7.99. The third-order valence-corrected chi connectivity index (χ3v) is 3.73. The van der Waals surface area contributed by atoms with Crippen LogP contribution in [0.2, 0.25) is 0 Å². The molecule has 0 radical (unpaired) electrons. The van der Waals surface area contributed by atoms with E-state index in [9.17, 15) is 4.39 Å². The molecule has 2 N–H and O–H groups in total. The van der Waals surface area contributed by atoms with Crippen LogP contribution in [0, 0.1) is 19.7 Å². The quantitative estimate of drug-likeness (QED) is 0.870. The summed E-state index contributed by atoms with van der Waals surface area (Å²) in [6.45, 7) is 4.15. The van der Waals surface area contributed by atoms with Gasteiger partial charge >= 0.3 is 0 Å². The molecule has 16 heavy (non-hydrogen) atoms. The molecule has 0 fully saturated rings. The van der Waals surface area contributed by atoms with Gasteiger partial charge in [-0.25, -0.2) is 9.37 Å². The molecule has 1 aromatic heterocycles. The maximum atomic E-state index is 13.4. The number of aromatic nitrogens is 1. The molecule has 2 aromatic rings. The maximum absolute atomic E-state index is 13.4. The average molecular weight is 236 g/mol. The fraction of sp³-hybridized carbons (Fsp3) is 0.250. The fourth-order valence-corrected chi connectivity index (χ4v) is 2.40. The van der Waals surface area contributed by atoms with Crippen LogP contribution in [0.4, 0.5) is 4.39 Å². The molecular weight excluding hydrogens is 223 g/mol. The number of hydrogen-bond donors (Lipinski definition) is 1. The molecule has 0 aliphatic heterocycles. The molecule has 4 heteroatoms. The normalized spacial score (nSPS) is 10.8. The molecule has 84 valence electrons. The van der Waals surface area contributed by atoms with Gasteiger partial charge in [-0.1, -0.05) is 12.1 Å². The molecule has 0 atom stereocenters. The minimum absolute atomic E-state index is 0.195. The van der Waals surface area contributed by atoms with Crippen molar-refractivity contribution in [1.82, 2.24) is 4.98 Å². The van der Waals surface area contributed by atoms with Gasteiger partial charge in [0.2, 0.25) is 0 Å². The molecule has 0 unspecified atom stereocenters. The van der Waals surface area contributed by atoms with Crippen LogP contribution >= 0.6 is 11.3 Å². The Morgan fingerprint density at radius 1 is 1.38 bits per heavy atom. The van der Waals surface area contributed by atoms with Gasteiger partial charge < -0.3 is 5.73 Å². The van der Waals surface area contributed by atoms with Crippen molar-refractivity contribution in [3.63, 3.8) is 0 Å². The average Bonchev–Trinajstić information content (AvgIpc) is 2.64. The first-order valence-corrected chi connectivity index (χ1v) is 5.86. The Morgan fingerprint density at radius 2 is 2.12 bits per heavy atom. The minimum atomic E-state index is -0.195. The number of hydrogen-bond acceptors (Lipinski definition) is 3. The van der Waals surface area contributed by atoms with Crippen molar-refractivity contribution >= 4 is 11.3 Å². The molecule has 2 nitrogen and oxygen atoms in total. The van der Waals surface area contributed by atoms with E-state index >= 15 is 0 Å². The minimum Gasteiger partial charge on any atom is -0.326 e. The maximum Gasteiger partial charge on any atom is 0.126 e. The van der Waals surface area contributed by atoms with E-state index in [2.05, 4.69) is 4.98 Å². The van der Waals surface area contributed by atoms with Gasteiger partial charge in [0.1, 0.15) is 10.8 Å². The van der Waals surface area contributed by atoms with Crippen molar-refractivity contribution in [2.24, 2.45) is 5.73 Å². The SMILES string of the molecule is Cc1ccc(-c2nc(C)c(CN)s2)cc1F. The van der Waals surface area contributed by atoms with Crippen LogP contribution in [0.1, 0.15) is 16.1 Å². The van der Waals surface area contributed by atoms with Crippen LogP contribution in [-0.4, -0.2) is 4.98 Å². The van der Waals surface area contributed by atoms with E-state index in [0.29, 0.717) is 12.1 Å². The highest BCUT2D eigenvalue weighted by Crippen LogP contribution is 2.28. The van der Waals surface area contributed by atoms with Crippen LogP contribution < -0.4 is 5.73 Å². The van der Waals surface area contributed by atoms with E-state index in [1.54, 1.807) is 13.0 Å². The summed E-state index contributed by atoms with van der Waals surface area (Å²) in [5.74, 6) is -0.195. The molecule has 0 aliphatic carbocycles. The van der Waals surface area contributed by atoms with Gasteiger partial charge in [0, 0.05) is 17.0 Å². The second kappa shape index (κ2) is 4.31. The van der Waals surface area contributed by atoms with Crippen LogP contribution in [0.5, 0.6) is 0 Å². The van der Waals surface area contributed by atoms with Crippen molar-refractivity contribution in [3.05, 3.63) is 40.2 Å². The van der Waals surface area contributed by atoms with Crippen molar-refractivity contribution < 1.29 is 4.39 Å². The molecule has 0 saturated carbocycles. The van der Waals surface area contributed by atoms with Crippen LogP contribution in [0.3, 0.4) is 0 Å². The van der Waals surface area contributed by atoms with Crippen molar-refractivity contribution in [2.45, 2.75) is 20.4 Å². The van der Waals surface area contributed by atoms with Crippen LogP contribution in [0.15, 0.2) is 18.2 Å². The monoisotopic (exact) mass is 236 g/mol. The predicted octanol–water partition coefficient (Wildman–Crippen LogP) is 3.02. The van der Waals surface area contributed by atoms with Crippen molar-refractivity contribution in [1.29, 1.82) is 0 Å². The van der Waals surface area contributed by atoms with Crippen molar-refractivity contribution in [2.75, 3.05) is 0 Å². The second-order valence-corrected chi connectivity index (χ2v) is 4.78. The summed E-state index contributed by atoms with van der Waals surface area (Å²) < 4.78 is 13.4. The number of rotatable bonds is 2. The van der Waals surface area contributed by atoms with E-state index < -0.39 is 0 Å². The Bertz CT molecular complexity index is 520. The summed E-state index contributed by atoms with van der Waals surface area (Å²) in [4.78, 5) is 5.45. The first-order valence-electron chi connectivity index (χ1n) is 5.04. The highest BCUT2D eigenvalue weighted by Gasteiger charge is 2.09. The van der Waals surface area contributed by atoms with Gasteiger partial charge in [-0.3, -0.25) is 0 Å². The Kier molecular flexibility index (Phi) is 3.03. The molecule has 0 amide bonds. The Hall–Kier alpha value is -1.26. The molecule has 0 bridgehead atoms. The second-order valence-electron chi connectivity index (χ2n) is 3.70. The fourth-order valence-electron chi connectivity index (χ4n) is 1.47. The standard InChI is InChI=1S/C12H13FN2S/c1-7-3-4-9(5-10(7)13)12-15-8(2)11(6-14)16-12/h3-5H,6,14H2,1-2H3. The van der Waals surface area contributed by atoms with E-state index in [-0.39, 0.29) is 5.82 Å². The molecule has 0 aliphatic rings. The lowest BCUT2D eigenvalue weighted by molar-refractivity contribution is 0.619. The Balaban J connectivity index is 2.46. The lowest BCUT2D eigenvalue weighted by Crippen LogP contribution is -1.94. The van der Waals surface area contributed by atoms with E-state index in [1.807, 2.05) is 13.0 Å². The third kappa shape index (κ3) is 1.99. The predicted molar refractivity (Wildman–Crippen MR) is 64.9 cm³/mol. The number of nitrogens with zero attached hydrogens (tertiary/aromatic N) is 1. The summed E-state index contributed by atoms with van der Waals surface area (Å²) >= 11 is 1.52. The lowest BCUT2D eigenvalue weighted by Gasteiger charge is -1.99. The van der Waals surface area contributed by atoms with Gasteiger partial charge in [-0.05, 0) is 25.5 Å². The molecule has 2 rings (SSSR count). The smallest absolute Gasteiger partial charge is 0.126 e. The zero-order chi connectivity index (χ0) is 11.7. The summed E-state index contributed by atoms with van der Waals surface area (Å²) in [6, 6.07) is 5.18. The Labute approximate surface area is 97.9 Å². The summed E-state index contributed by atoms with van der Waals surface area (Å²) in [6.07, 6.45) is 0.